The van der Waals surface area contributed by atoms with E-state index in [0.29, 0.717) is 6.04 Å². The van der Waals surface area contributed by atoms with Crippen LogP contribution in [0.15, 0.2) is 18.9 Å². The first kappa shape index (κ1) is 11.9. The second-order valence-corrected chi connectivity index (χ2v) is 4.81. The van der Waals surface area contributed by atoms with Gasteiger partial charge in [0.25, 0.3) is 0 Å². The summed E-state index contributed by atoms with van der Waals surface area (Å²) in [6.07, 6.45) is 6.13. The summed E-state index contributed by atoms with van der Waals surface area (Å²) < 4.78 is 2.06. The number of aryl methyl sites for hydroxylation is 1. The predicted octanol–water partition coefficient (Wildman–Crippen LogP) is 1.62. The van der Waals surface area contributed by atoms with Crippen LogP contribution < -0.4 is 5.32 Å². The fourth-order valence-corrected chi connectivity index (χ4v) is 2.35. The third-order valence-corrected chi connectivity index (χ3v) is 3.21. The van der Waals surface area contributed by atoms with Gasteiger partial charge >= 0.3 is 0 Å². The lowest BCUT2D eigenvalue weighted by Crippen LogP contribution is -2.38. The molecule has 1 N–H and O–H groups in total. The molecule has 0 saturated heterocycles. The van der Waals surface area contributed by atoms with Crippen LogP contribution in [-0.2, 0) is 17.6 Å². The molecule has 0 bridgehead atoms. The van der Waals surface area contributed by atoms with Crippen molar-refractivity contribution in [3.8, 4) is 0 Å². The molecule has 0 saturated carbocycles. The molecule has 0 spiro atoms. The molecule has 0 unspecified atom stereocenters. The van der Waals surface area contributed by atoms with E-state index in [2.05, 4.69) is 35.5 Å². The lowest BCUT2D eigenvalue weighted by Gasteiger charge is -2.24. The summed E-state index contributed by atoms with van der Waals surface area (Å²) in [5, 5.41) is 7.38. The molecule has 1 amide bonds. The van der Waals surface area contributed by atoms with Crippen molar-refractivity contribution in [3.63, 3.8) is 0 Å². The fourth-order valence-electron chi connectivity index (χ4n) is 2.35. The first-order chi connectivity index (χ1) is 8.11. The number of hydrogen-bond donors (Lipinski definition) is 1. The van der Waals surface area contributed by atoms with Crippen molar-refractivity contribution < 1.29 is 4.79 Å². The Kier molecular flexibility index (Phi) is 3.31. The number of hydrogen-bond acceptors (Lipinski definition) is 2. The average molecular weight is 233 g/mol. The van der Waals surface area contributed by atoms with Crippen LogP contribution in [0.4, 0.5) is 0 Å². The fraction of sp³-hybridized carbons (Fsp3) is 0.538. The minimum absolute atomic E-state index is 0.0888. The van der Waals surface area contributed by atoms with Crippen LogP contribution in [0.2, 0.25) is 0 Å². The topological polar surface area (TPSA) is 46.9 Å². The zero-order valence-electron chi connectivity index (χ0n) is 10.4. The summed E-state index contributed by atoms with van der Waals surface area (Å²) in [4.78, 5) is 11.3. The summed E-state index contributed by atoms with van der Waals surface area (Å²) in [6, 6.07) is 0.579. The van der Waals surface area contributed by atoms with Crippen LogP contribution >= 0.6 is 0 Å². The van der Waals surface area contributed by atoms with Crippen molar-refractivity contribution in [1.29, 1.82) is 0 Å². The number of carbonyl (C=O) groups excluding carboxylic acids is 1. The molecule has 1 heterocycles. The molecule has 1 aromatic rings. The van der Waals surface area contributed by atoms with E-state index in [1.807, 2.05) is 6.20 Å². The molecule has 1 aliphatic rings. The number of aromatic nitrogens is 2. The normalized spacial score (nSPS) is 18.9. The van der Waals surface area contributed by atoms with E-state index in [-0.39, 0.29) is 11.9 Å². The molecule has 4 nitrogen and oxygen atoms in total. The SMILES string of the molecule is C=CC(=O)N[C@@H]1CCc2cnn(C(C)C)c2C1. The van der Waals surface area contributed by atoms with Gasteiger partial charge in [-0.15, -0.1) is 0 Å². The molecule has 92 valence electrons. The number of nitrogens with zero attached hydrogens (tertiary/aromatic N) is 2. The summed E-state index contributed by atoms with van der Waals surface area (Å²) in [5.74, 6) is -0.0888. The van der Waals surface area contributed by atoms with Crippen molar-refractivity contribution in [2.24, 2.45) is 0 Å². The molecule has 1 atom stereocenters. The largest absolute Gasteiger partial charge is 0.349 e. The molecule has 4 heteroatoms. The molecule has 2 rings (SSSR count). The summed E-state index contributed by atoms with van der Waals surface area (Å²) in [6.45, 7) is 7.73. The van der Waals surface area contributed by atoms with Gasteiger partial charge in [-0.1, -0.05) is 6.58 Å². The lowest BCUT2D eigenvalue weighted by atomic mass is 9.93. The van der Waals surface area contributed by atoms with Crippen LogP contribution in [0.5, 0.6) is 0 Å². The number of nitrogens with one attached hydrogen (secondary N) is 1. The second-order valence-electron chi connectivity index (χ2n) is 4.81. The maximum Gasteiger partial charge on any atom is 0.243 e. The van der Waals surface area contributed by atoms with Gasteiger partial charge in [-0.05, 0) is 38.3 Å². The van der Waals surface area contributed by atoms with E-state index in [0.717, 1.165) is 19.3 Å². The van der Waals surface area contributed by atoms with Crippen molar-refractivity contribution in [2.75, 3.05) is 0 Å². The first-order valence-corrected chi connectivity index (χ1v) is 6.10. The molecule has 0 fully saturated rings. The molecular formula is C13H19N3O. The van der Waals surface area contributed by atoms with Gasteiger partial charge in [-0.25, -0.2) is 0 Å². The van der Waals surface area contributed by atoms with Crippen LogP contribution in [0.1, 0.15) is 37.6 Å². The summed E-state index contributed by atoms with van der Waals surface area (Å²) in [7, 11) is 0. The van der Waals surface area contributed by atoms with Crippen molar-refractivity contribution in [3.05, 3.63) is 30.1 Å². The number of fused-ring (bicyclic) bond motifs is 1. The van der Waals surface area contributed by atoms with Crippen molar-refractivity contribution in [2.45, 2.75) is 45.2 Å². The Morgan fingerprint density at radius 3 is 3.12 bits per heavy atom. The van der Waals surface area contributed by atoms with E-state index in [9.17, 15) is 4.79 Å². The zero-order valence-corrected chi connectivity index (χ0v) is 10.4. The Labute approximate surface area is 102 Å². The van der Waals surface area contributed by atoms with Crippen LogP contribution in [0.3, 0.4) is 0 Å². The van der Waals surface area contributed by atoms with Crippen molar-refractivity contribution in [1.82, 2.24) is 15.1 Å². The Morgan fingerprint density at radius 2 is 2.47 bits per heavy atom. The van der Waals surface area contributed by atoms with Crippen LogP contribution in [0, 0.1) is 0 Å². The minimum Gasteiger partial charge on any atom is -0.349 e. The van der Waals surface area contributed by atoms with Gasteiger partial charge in [0.05, 0.1) is 6.20 Å². The molecule has 1 aliphatic carbocycles. The Hall–Kier alpha value is -1.58. The second kappa shape index (κ2) is 4.73. The summed E-state index contributed by atoms with van der Waals surface area (Å²) >= 11 is 0. The molecule has 0 radical (unpaired) electrons. The highest BCUT2D eigenvalue weighted by Gasteiger charge is 2.23. The van der Waals surface area contributed by atoms with Gasteiger partial charge in [-0.3, -0.25) is 9.48 Å². The third kappa shape index (κ3) is 2.40. The van der Waals surface area contributed by atoms with Gasteiger partial charge in [0.15, 0.2) is 0 Å². The highest BCUT2D eigenvalue weighted by atomic mass is 16.1. The van der Waals surface area contributed by atoms with E-state index in [1.54, 1.807) is 0 Å². The van der Waals surface area contributed by atoms with Crippen LogP contribution in [-0.4, -0.2) is 21.7 Å². The summed E-state index contributed by atoms with van der Waals surface area (Å²) in [5.41, 5.74) is 2.59. The van der Waals surface area contributed by atoms with Gasteiger partial charge in [-0.2, -0.15) is 5.10 Å². The standard InChI is InChI=1S/C13H19N3O/c1-4-13(17)15-11-6-5-10-8-14-16(9(2)3)12(10)7-11/h4,8-9,11H,1,5-7H2,2-3H3,(H,15,17)/t11-/m1/s1. The van der Waals surface area contributed by atoms with Gasteiger partial charge in [0, 0.05) is 24.2 Å². The van der Waals surface area contributed by atoms with E-state index < -0.39 is 0 Å². The number of amides is 1. The number of rotatable bonds is 3. The van der Waals surface area contributed by atoms with Crippen molar-refractivity contribution >= 4 is 5.91 Å². The van der Waals surface area contributed by atoms with Gasteiger partial charge in [0.2, 0.25) is 5.91 Å². The first-order valence-electron chi connectivity index (χ1n) is 6.10. The Bertz CT molecular complexity index is 434. The lowest BCUT2D eigenvalue weighted by molar-refractivity contribution is -0.117. The van der Waals surface area contributed by atoms with Crippen LogP contribution in [0.25, 0.3) is 0 Å². The quantitative estimate of drug-likeness (QED) is 0.806. The molecule has 17 heavy (non-hydrogen) atoms. The highest BCUT2D eigenvalue weighted by Crippen LogP contribution is 2.23. The van der Waals surface area contributed by atoms with Gasteiger partial charge < -0.3 is 5.32 Å². The monoisotopic (exact) mass is 233 g/mol. The minimum atomic E-state index is -0.0888. The van der Waals surface area contributed by atoms with E-state index in [1.165, 1.54) is 17.3 Å². The highest BCUT2D eigenvalue weighted by molar-refractivity contribution is 5.87. The molecular weight excluding hydrogens is 214 g/mol. The maximum atomic E-state index is 11.3. The Balaban J connectivity index is 2.14. The zero-order chi connectivity index (χ0) is 12.4. The smallest absolute Gasteiger partial charge is 0.243 e. The van der Waals surface area contributed by atoms with E-state index >= 15 is 0 Å². The average Bonchev–Trinajstić information content (AvgIpc) is 2.71. The molecule has 1 aromatic heterocycles. The number of carbonyl (C=O) groups is 1. The Morgan fingerprint density at radius 1 is 1.71 bits per heavy atom. The predicted molar refractivity (Wildman–Crippen MR) is 66.8 cm³/mol. The van der Waals surface area contributed by atoms with Gasteiger partial charge in [0.1, 0.15) is 0 Å². The molecule has 0 aromatic carbocycles. The maximum absolute atomic E-state index is 11.3. The van der Waals surface area contributed by atoms with E-state index in [4.69, 9.17) is 0 Å². The molecule has 0 aliphatic heterocycles. The third-order valence-electron chi connectivity index (χ3n) is 3.21.